The summed E-state index contributed by atoms with van der Waals surface area (Å²) in [4.78, 5) is 16.4. The van der Waals surface area contributed by atoms with Gasteiger partial charge in [-0.25, -0.2) is 9.78 Å². The van der Waals surface area contributed by atoms with Crippen LogP contribution in [0.2, 0.25) is 0 Å². The Hall–Kier alpha value is -3.14. The van der Waals surface area contributed by atoms with Crippen molar-refractivity contribution < 1.29 is 14.3 Å². The van der Waals surface area contributed by atoms with Gasteiger partial charge in [-0.05, 0) is 24.1 Å². The number of carbonyl (C=O) groups is 1. The minimum absolute atomic E-state index is 0.218. The van der Waals surface area contributed by atoms with Gasteiger partial charge in [-0.2, -0.15) is 0 Å². The Morgan fingerprint density at radius 3 is 2.19 bits per heavy atom. The molecular weight excluding hydrogens is 338 g/mol. The Kier molecular flexibility index (Phi) is 8.04. The van der Waals surface area contributed by atoms with Crippen molar-refractivity contribution >= 4 is 5.97 Å². The summed E-state index contributed by atoms with van der Waals surface area (Å²) < 4.78 is 11.0. The van der Waals surface area contributed by atoms with Crippen molar-refractivity contribution in [3.63, 3.8) is 0 Å². The first kappa shape index (κ1) is 20.2. The highest BCUT2D eigenvalue weighted by Gasteiger charge is 2.10. The molecule has 140 valence electrons. The van der Waals surface area contributed by atoms with Crippen LogP contribution in [-0.2, 0) is 18.0 Å². The molecule has 0 aliphatic rings. The molecule has 0 spiro atoms. The number of aryl methyl sites for hydroxylation is 1. The summed E-state index contributed by atoms with van der Waals surface area (Å²) in [6, 6.07) is 22.7. The summed E-state index contributed by atoms with van der Waals surface area (Å²) in [6.45, 7) is 6.66. The molecule has 2 aromatic carbocycles. The third-order valence-electron chi connectivity index (χ3n) is 3.65. The highest BCUT2D eigenvalue weighted by molar-refractivity contribution is 5.87. The standard InChI is InChI=1S/C21H19NO3.C2H6/c1-16-10-12-18(13-11-16)14-24-20-9-5-8-19(22-20)21(23)25-15-17-6-3-2-4-7-17;1-2/h2-13H,14-15H2,1H3;1-2H3. The van der Waals surface area contributed by atoms with Crippen LogP contribution in [0, 0.1) is 6.92 Å². The summed E-state index contributed by atoms with van der Waals surface area (Å²) in [6.07, 6.45) is 0. The molecule has 4 nitrogen and oxygen atoms in total. The van der Waals surface area contributed by atoms with Gasteiger partial charge in [-0.3, -0.25) is 0 Å². The zero-order valence-corrected chi connectivity index (χ0v) is 16.0. The summed E-state index contributed by atoms with van der Waals surface area (Å²) in [7, 11) is 0. The average Bonchev–Trinajstić information content (AvgIpc) is 2.74. The van der Waals surface area contributed by atoms with E-state index in [1.807, 2.05) is 75.4 Å². The van der Waals surface area contributed by atoms with Gasteiger partial charge < -0.3 is 9.47 Å². The first-order valence-electron chi connectivity index (χ1n) is 9.07. The predicted octanol–water partition coefficient (Wildman–Crippen LogP) is 5.35. The van der Waals surface area contributed by atoms with E-state index in [9.17, 15) is 4.79 Å². The number of esters is 1. The quantitative estimate of drug-likeness (QED) is 0.554. The number of hydrogen-bond acceptors (Lipinski definition) is 4. The van der Waals surface area contributed by atoms with Crippen LogP contribution in [0.1, 0.15) is 41.0 Å². The lowest BCUT2D eigenvalue weighted by molar-refractivity contribution is 0.0464. The zero-order valence-electron chi connectivity index (χ0n) is 16.0. The maximum absolute atomic E-state index is 12.1. The number of carbonyl (C=O) groups excluding carboxylic acids is 1. The smallest absolute Gasteiger partial charge is 0.357 e. The molecule has 0 bridgehead atoms. The molecule has 4 heteroatoms. The SMILES string of the molecule is CC.Cc1ccc(COc2cccc(C(=O)OCc3ccccc3)n2)cc1. The van der Waals surface area contributed by atoms with Gasteiger partial charge in [0.1, 0.15) is 13.2 Å². The summed E-state index contributed by atoms with van der Waals surface area (Å²) in [5.74, 6) is -0.0700. The fraction of sp³-hybridized carbons (Fsp3) is 0.217. The molecule has 0 aliphatic heterocycles. The highest BCUT2D eigenvalue weighted by atomic mass is 16.5. The van der Waals surface area contributed by atoms with Gasteiger partial charge in [0, 0.05) is 6.07 Å². The Balaban J connectivity index is 0.00000126. The number of nitrogens with zero attached hydrogens (tertiary/aromatic N) is 1. The van der Waals surface area contributed by atoms with Gasteiger partial charge in [0.2, 0.25) is 5.88 Å². The fourth-order valence-electron chi connectivity index (χ4n) is 2.25. The monoisotopic (exact) mass is 363 g/mol. The molecule has 3 rings (SSSR count). The number of rotatable bonds is 6. The molecule has 3 aromatic rings. The molecule has 1 heterocycles. The third kappa shape index (κ3) is 6.59. The van der Waals surface area contributed by atoms with E-state index in [-0.39, 0.29) is 12.3 Å². The molecule has 0 radical (unpaired) electrons. The molecule has 0 saturated heterocycles. The molecule has 0 fully saturated rings. The van der Waals surface area contributed by atoms with Crippen molar-refractivity contribution in [2.24, 2.45) is 0 Å². The van der Waals surface area contributed by atoms with Crippen molar-refractivity contribution in [3.8, 4) is 5.88 Å². The van der Waals surface area contributed by atoms with E-state index in [1.165, 1.54) is 5.56 Å². The van der Waals surface area contributed by atoms with Crippen molar-refractivity contribution in [1.82, 2.24) is 4.98 Å². The lowest BCUT2D eigenvalue weighted by Gasteiger charge is -2.08. The van der Waals surface area contributed by atoms with Crippen LogP contribution < -0.4 is 4.74 Å². The fourth-order valence-corrected chi connectivity index (χ4v) is 2.25. The lowest BCUT2D eigenvalue weighted by Crippen LogP contribution is -2.08. The average molecular weight is 363 g/mol. The van der Waals surface area contributed by atoms with E-state index in [1.54, 1.807) is 18.2 Å². The molecule has 0 aliphatic carbocycles. The van der Waals surface area contributed by atoms with Crippen LogP contribution in [0.25, 0.3) is 0 Å². The van der Waals surface area contributed by atoms with Crippen LogP contribution in [0.4, 0.5) is 0 Å². The second-order valence-corrected chi connectivity index (χ2v) is 5.70. The van der Waals surface area contributed by atoms with Gasteiger partial charge in [0.05, 0.1) is 0 Å². The van der Waals surface area contributed by atoms with Crippen molar-refractivity contribution in [3.05, 3.63) is 95.2 Å². The van der Waals surface area contributed by atoms with Gasteiger partial charge in [-0.1, -0.05) is 80.1 Å². The molecule has 0 N–H and O–H groups in total. The minimum atomic E-state index is -0.468. The summed E-state index contributed by atoms with van der Waals surface area (Å²) >= 11 is 0. The normalized spacial score (nSPS) is 9.74. The van der Waals surface area contributed by atoms with E-state index in [2.05, 4.69) is 4.98 Å². The molecular formula is C23H25NO3. The number of benzene rings is 2. The largest absolute Gasteiger partial charge is 0.473 e. The van der Waals surface area contributed by atoms with E-state index in [0.29, 0.717) is 12.5 Å². The Morgan fingerprint density at radius 1 is 0.815 bits per heavy atom. The summed E-state index contributed by atoms with van der Waals surface area (Å²) in [5, 5.41) is 0. The first-order valence-corrected chi connectivity index (χ1v) is 9.07. The maximum Gasteiger partial charge on any atom is 0.357 e. The van der Waals surface area contributed by atoms with Crippen LogP contribution in [0.15, 0.2) is 72.8 Å². The Labute approximate surface area is 160 Å². The number of ether oxygens (including phenoxy) is 2. The van der Waals surface area contributed by atoms with Crippen LogP contribution in [0.5, 0.6) is 5.88 Å². The van der Waals surface area contributed by atoms with Crippen molar-refractivity contribution in [1.29, 1.82) is 0 Å². The third-order valence-corrected chi connectivity index (χ3v) is 3.65. The molecule has 1 aromatic heterocycles. The minimum Gasteiger partial charge on any atom is -0.473 e. The van der Waals surface area contributed by atoms with Crippen LogP contribution in [0.3, 0.4) is 0 Å². The van der Waals surface area contributed by atoms with Crippen LogP contribution in [-0.4, -0.2) is 11.0 Å². The second-order valence-electron chi connectivity index (χ2n) is 5.70. The first-order chi connectivity index (χ1) is 13.2. The molecule has 27 heavy (non-hydrogen) atoms. The topological polar surface area (TPSA) is 48.4 Å². The maximum atomic E-state index is 12.1. The predicted molar refractivity (Wildman–Crippen MR) is 107 cm³/mol. The van der Waals surface area contributed by atoms with E-state index < -0.39 is 5.97 Å². The lowest BCUT2D eigenvalue weighted by atomic mass is 10.2. The van der Waals surface area contributed by atoms with Gasteiger partial charge in [0.15, 0.2) is 5.69 Å². The van der Waals surface area contributed by atoms with E-state index >= 15 is 0 Å². The molecule has 0 unspecified atom stereocenters. The van der Waals surface area contributed by atoms with Gasteiger partial charge in [0.25, 0.3) is 0 Å². The number of pyridine rings is 1. The summed E-state index contributed by atoms with van der Waals surface area (Å²) in [5.41, 5.74) is 3.41. The molecule has 0 amide bonds. The number of aromatic nitrogens is 1. The Morgan fingerprint density at radius 2 is 1.48 bits per heavy atom. The second kappa shape index (κ2) is 10.8. The van der Waals surface area contributed by atoms with E-state index in [0.717, 1.165) is 11.1 Å². The van der Waals surface area contributed by atoms with Gasteiger partial charge >= 0.3 is 5.97 Å². The molecule has 0 atom stereocenters. The van der Waals surface area contributed by atoms with Crippen molar-refractivity contribution in [2.75, 3.05) is 0 Å². The van der Waals surface area contributed by atoms with Crippen LogP contribution >= 0.6 is 0 Å². The van der Waals surface area contributed by atoms with Crippen molar-refractivity contribution in [2.45, 2.75) is 34.0 Å². The molecule has 0 saturated carbocycles. The van der Waals surface area contributed by atoms with E-state index in [4.69, 9.17) is 9.47 Å². The van der Waals surface area contributed by atoms with Gasteiger partial charge in [-0.15, -0.1) is 0 Å². The number of hydrogen-bond donors (Lipinski definition) is 0. The zero-order chi connectivity index (χ0) is 19.5. The highest BCUT2D eigenvalue weighted by Crippen LogP contribution is 2.13. The Bertz CT molecular complexity index is 830.